The highest BCUT2D eigenvalue weighted by molar-refractivity contribution is 9.07. The molecule has 0 unspecified atom stereocenters. The number of amides is 1. The maximum absolute atomic E-state index is 12.5. The zero-order valence-electron chi connectivity index (χ0n) is 15.7. The number of hydrogen-bond donors (Lipinski definition) is 1. The summed E-state index contributed by atoms with van der Waals surface area (Å²) < 4.78 is 47.2. The molecule has 1 saturated heterocycles. The van der Waals surface area contributed by atoms with E-state index in [1.54, 1.807) is 4.90 Å². The molecule has 0 aliphatic carbocycles. The average Bonchev–Trinajstić information content (AvgIpc) is 2.63. The van der Waals surface area contributed by atoms with Crippen LogP contribution >= 0.6 is 16.1 Å². The molecular weight excluding hydrogens is 432 g/mol. The topological polar surface area (TPSA) is 106 Å². The van der Waals surface area contributed by atoms with Crippen LogP contribution in [0.4, 0.5) is 0 Å². The van der Waals surface area contributed by atoms with E-state index in [0.29, 0.717) is 33.0 Å². The van der Waals surface area contributed by atoms with E-state index in [1.807, 2.05) is 31.6 Å². The third-order valence-corrected chi connectivity index (χ3v) is 6.53. The minimum atomic E-state index is -3.98. The van der Waals surface area contributed by atoms with Gasteiger partial charge in [0.15, 0.2) is 0 Å². The van der Waals surface area contributed by atoms with E-state index in [2.05, 4.69) is 16.1 Å². The Labute approximate surface area is 164 Å². The second-order valence-electron chi connectivity index (χ2n) is 6.91. The monoisotopic (exact) mass is 460 g/mol. The molecular formula is C15H29BrN2O7S. The second kappa shape index (κ2) is 9.76. The predicted molar refractivity (Wildman–Crippen MR) is 99.5 cm³/mol. The lowest BCUT2D eigenvalue weighted by Crippen LogP contribution is -2.47. The van der Waals surface area contributed by atoms with Gasteiger partial charge in [0.1, 0.15) is 11.2 Å². The Kier molecular flexibility index (Phi) is 8.91. The molecule has 0 aromatic heterocycles. The van der Waals surface area contributed by atoms with E-state index >= 15 is 0 Å². The fraction of sp³-hybridized carbons (Fsp3) is 0.933. The van der Waals surface area contributed by atoms with E-state index in [4.69, 9.17) is 18.8 Å². The molecule has 0 aromatic rings. The number of hydrogen-bond acceptors (Lipinski definition) is 7. The van der Waals surface area contributed by atoms with Gasteiger partial charge in [-0.2, -0.15) is 8.42 Å². The molecule has 154 valence electrons. The first-order chi connectivity index (χ1) is 11.9. The van der Waals surface area contributed by atoms with Crippen LogP contribution in [-0.2, 0) is 29.1 Å². The average molecular weight is 461 g/mol. The van der Waals surface area contributed by atoms with Crippen molar-refractivity contribution in [2.45, 2.75) is 38.9 Å². The van der Waals surface area contributed by atoms with Crippen molar-refractivity contribution in [2.75, 3.05) is 51.9 Å². The minimum absolute atomic E-state index is 0.0428. The first-order valence-electron chi connectivity index (χ1n) is 8.37. The van der Waals surface area contributed by atoms with Gasteiger partial charge >= 0.3 is 0 Å². The van der Waals surface area contributed by atoms with Gasteiger partial charge in [0.2, 0.25) is 5.91 Å². The number of halogens is 1. The smallest absolute Gasteiger partial charge is 0.267 e. The summed E-state index contributed by atoms with van der Waals surface area (Å²) >= 11 is 3.49. The lowest BCUT2D eigenvalue weighted by molar-refractivity contribution is -0.134. The molecule has 1 aliphatic heterocycles. The molecule has 0 saturated carbocycles. The summed E-state index contributed by atoms with van der Waals surface area (Å²) in [6.07, 6.45) is 0. The van der Waals surface area contributed by atoms with E-state index < -0.39 is 27.1 Å². The summed E-state index contributed by atoms with van der Waals surface area (Å²) in [5.41, 5.74) is -1.05. The number of carbonyl (C=O) groups is 1. The Morgan fingerprint density at radius 1 is 0.962 bits per heavy atom. The number of rotatable bonds is 12. The van der Waals surface area contributed by atoms with Crippen molar-refractivity contribution in [3.8, 4) is 0 Å². The maximum Gasteiger partial charge on any atom is 0.267 e. The largest absolute Gasteiger partial charge is 0.378 e. The highest BCUT2D eigenvalue weighted by Crippen LogP contribution is 2.40. The zero-order valence-corrected chi connectivity index (χ0v) is 18.1. The number of carbonyl (C=O) groups excluding carboxylic acids is 1. The van der Waals surface area contributed by atoms with Gasteiger partial charge in [-0.15, -0.1) is 0 Å². The molecule has 9 nitrogen and oxygen atoms in total. The van der Waals surface area contributed by atoms with Crippen LogP contribution in [0.15, 0.2) is 0 Å². The molecule has 11 heteroatoms. The van der Waals surface area contributed by atoms with Gasteiger partial charge in [-0.3, -0.25) is 9.35 Å². The molecule has 1 fully saturated rings. The van der Waals surface area contributed by atoms with Crippen LogP contribution in [0.25, 0.3) is 0 Å². The summed E-state index contributed by atoms with van der Waals surface area (Å²) in [6, 6.07) is 0. The molecule has 0 spiro atoms. The summed E-state index contributed by atoms with van der Waals surface area (Å²) in [5.74, 6) is -0.383. The molecule has 0 aromatic carbocycles. The van der Waals surface area contributed by atoms with E-state index in [9.17, 15) is 13.2 Å². The lowest BCUT2D eigenvalue weighted by atomic mass is 10.1. The van der Waals surface area contributed by atoms with E-state index in [0.717, 1.165) is 0 Å². The maximum atomic E-state index is 12.5. The number of nitrogens with zero attached hydrogens (tertiary/aromatic N) is 2. The highest BCUT2D eigenvalue weighted by Gasteiger charge is 2.55. The van der Waals surface area contributed by atoms with E-state index in [1.165, 1.54) is 0 Å². The summed E-state index contributed by atoms with van der Waals surface area (Å²) in [6.45, 7) is 9.80. The first kappa shape index (κ1) is 23.7. The molecule has 1 N–H and O–H groups in total. The Morgan fingerprint density at radius 2 is 1.42 bits per heavy atom. The van der Waals surface area contributed by atoms with E-state index in [-0.39, 0.29) is 19.1 Å². The SMILES string of the molecule is CC1(C)C(=O)N(CCOCCOCCOCCS(=O)(=O)O)C(C)(C)N1Br. The van der Waals surface area contributed by atoms with Crippen molar-refractivity contribution >= 4 is 32.2 Å². The molecule has 1 aliphatic rings. The summed E-state index contributed by atoms with van der Waals surface area (Å²) in [7, 11) is -3.98. The molecule has 0 bridgehead atoms. The van der Waals surface area contributed by atoms with Gasteiger partial charge in [0.05, 0.1) is 45.4 Å². The van der Waals surface area contributed by atoms with Gasteiger partial charge < -0.3 is 19.1 Å². The van der Waals surface area contributed by atoms with Crippen LogP contribution in [0, 0.1) is 0 Å². The molecule has 1 amide bonds. The van der Waals surface area contributed by atoms with Gasteiger partial charge in [0, 0.05) is 22.7 Å². The predicted octanol–water partition coefficient (Wildman–Crippen LogP) is 0.893. The van der Waals surface area contributed by atoms with Gasteiger partial charge in [0.25, 0.3) is 10.1 Å². The number of ether oxygens (including phenoxy) is 3. The van der Waals surface area contributed by atoms with Crippen molar-refractivity contribution in [3.63, 3.8) is 0 Å². The Balaban J connectivity index is 2.10. The van der Waals surface area contributed by atoms with Crippen molar-refractivity contribution in [1.82, 2.24) is 8.83 Å². The third kappa shape index (κ3) is 6.70. The Morgan fingerprint density at radius 3 is 1.85 bits per heavy atom. The van der Waals surface area contributed by atoms with Crippen LogP contribution in [-0.4, -0.2) is 90.8 Å². The fourth-order valence-electron chi connectivity index (χ4n) is 2.69. The second-order valence-corrected chi connectivity index (χ2v) is 9.20. The van der Waals surface area contributed by atoms with Gasteiger partial charge in [-0.25, -0.2) is 3.93 Å². The first-order valence-corrected chi connectivity index (χ1v) is 10.7. The van der Waals surface area contributed by atoms with Gasteiger partial charge in [-0.1, -0.05) is 0 Å². The third-order valence-electron chi connectivity index (χ3n) is 4.09. The minimum Gasteiger partial charge on any atom is -0.378 e. The quantitative estimate of drug-likeness (QED) is 0.260. The summed E-state index contributed by atoms with van der Waals surface area (Å²) in [4.78, 5) is 14.3. The Bertz CT molecular complexity index is 568. The molecule has 0 atom stereocenters. The van der Waals surface area contributed by atoms with Crippen molar-refractivity contribution in [1.29, 1.82) is 0 Å². The molecule has 1 rings (SSSR count). The standard InChI is InChI=1S/C15H29BrN2O7S/c1-14(2)13(19)17(15(3,4)18(14)16)5-6-23-7-8-24-9-10-25-11-12-26(20,21)22/h5-12H2,1-4H3,(H,20,21,22). The fourth-order valence-corrected chi connectivity index (χ4v) is 3.36. The zero-order chi connectivity index (χ0) is 20.0. The lowest BCUT2D eigenvalue weighted by Gasteiger charge is -2.35. The normalized spacial score (nSPS) is 20.1. The van der Waals surface area contributed by atoms with Crippen molar-refractivity contribution in [3.05, 3.63) is 0 Å². The van der Waals surface area contributed by atoms with Crippen molar-refractivity contribution in [2.24, 2.45) is 0 Å². The highest BCUT2D eigenvalue weighted by atomic mass is 79.9. The van der Waals surface area contributed by atoms with Crippen LogP contribution < -0.4 is 0 Å². The molecule has 0 radical (unpaired) electrons. The van der Waals surface area contributed by atoms with Gasteiger partial charge in [-0.05, 0) is 27.7 Å². The van der Waals surface area contributed by atoms with Crippen LogP contribution in [0.5, 0.6) is 0 Å². The van der Waals surface area contributed by atoms with Crippen molar-refractivity contribution < 1.29 is 32.0 Å². The molecule has 26 heavy (non-hydrogen) atoms. The van der Waals surface area contributed by atoms with Crippen LogP contribution in [0.1, 0.15) is 27.7 Å². The van der Waals surface area contributed by atoms with Crippen LogP contribution in [0.2, 0.25) is 0 Å². The summed E-state index contributed by atoms with van der Waals surface area (Å²) in [5, 5.41) is 0. The molecule has 1 heterocycles. The Hall–Kier alpha value is -0.300. The van der Waals surface area contributed by atoms with Crippen LogP contribution in [0.3, 0.4) is 0 Å².